The van der Waals surface area contributed by atoms with Gasteiger partial charge in [0.2, 0.25) is 11.7 Å². The van der Waals surface area contributed by atoms with Gasteiger partial charge in [-0.3, -0.25) is 4.79 Å². The van der Waals surface area contributed by atoms with Gasteiger partial charge in [0.1, 0.15) is 11.0 Å². The van der Waals surface area contributed by atoms with Crippen LogP contribution in [0.25, 0.3) is 0 Å². The lowest BCUT2D eigenvalue weighted by Crippen LogP contribution is -2.29. The number of aryl methyl sites for hydroxylation is 1. The number of carboxylic acid groups (broad SMARTS) is 1. The molecule has 1 atom stereocenters. The number of rotatable bonds is 4. The van der Waals surface area contributed by atoms with E-state index < -0.39 is 5.97 Å². The molecule has 1 amide bonds. The van der Waals surface area contributed by atoms with Crippen LogP contribution >= 0.6 is 23.1 Å². The fourth-order valence-corrected chi connectivity index (χ4v) is 4.54. The maximum Gasteiger partial charge on any atom is 0.371 e. The van der Waals surface area contributed by atoms with Crippen molar-refractivity contribution in [3.05, 3.63) is 45.5 Å². The Labute approximate surface area is 129 Å². The van der Waals surface area contributed by atoms with Crippen LogP contribution in [0.5, 0.6) is 0 Å². The first-order valence-electron chi connectivity index (χ1n) is 6.43. The molecule has 0 fully saturated rings. The number of nitrogens with one attached hydrogen (secondary N) is 1. The highest BCUT2D eigenvalue weighted by Gasteiger charge is 2.27. The van der Waals surface area contributed by atoms with E-state index in [2.05, 4.69) is 5.32 Å². The number of carbonyl (C=O) groups is 2. The summed E-state index contributed by atoms with van der Waals surface area (Å²) in [7, 11) is 0. The SMILES string of the molecule is O=C(O)c1ccc(CNC(=O)C2SCCc3sccc32)o1. The summed E-state index contributed by atoms with van der Waals surface area (Å²) in [5, 5.41) is 13.4. The van der Waals surface area contributed by atoms with E-state index in [4.69, 9.17) is 9.52 Å². The lowest BCUT2D eigenvalue weighted by molar-refractivity contribution is -0.120. The van der Waals surface area contributed by atoms with Crippen molar-refractivity contribution in [2.45, 2.75) is 18.2 Å². The molecule has 1 unspecified atom stereocenters. The summed E-state index contributed by atoms with van der Waals surface area (Å²) in [5.41, 5.74) is 1.10. The van der Waals surface area contributed by atoms with Crippen molar-refractivity contribution in [3.63, 3.8) is 0 Å². The maximum atomic E-state index is 12.3. The summed E-state index contributed by atoms with van der Waals surface area (Å²) in [6.45, 7) is 0.197. The maximum absolute atomic E-state index is 12.3. The van der Waals surface area contributed by atoms with E-state index in [9.17, 15) is 9.59 Å². The Balaban J connectivity index is 1.63. The molecule has 110 valence electrons. The highest BCUT2D eigenvalue weighted by atomic mass is 32.2. The third kappa shape index (κ3) is 2.98. The number of thiophene rings is 1. The zero-order chi connectivity index (χ0) is 14.8. The van der Waals surface area contributed by atoms with Gasteiger partial charge >= 0.3 is 5.97 Å². The second-order valence-electron chi connectivity index (χ2n) is 4.59. The Morgan fingerprint density at radius 1 is 1.38 bits per heavy atom. The van der Waals surface area contributed by atoms with Crippen molar-refractivity contribution in [3.8, 4) is 0 Å². The van der Waals surface area contributed by atoms with Crippen molar-refractivity contribution in [2.75, 3.05) is 5.75 Å². The number of thioether (sulfide) groups is 1. The average Bonchev–Trinajstić information content (AvgIpc) is 3.12. The van der Waals surface area contributed by atoms with Gasteiger partial charge in [-0.2, -0.15) is 0 Å². The Bertz CT molecular complexity index is 676. The zero-order valence-electron chi connectivity index (χ0n) is 11.0. The second-order valence-corrected chi connectivity index (χ2v) is 6.80. The predicted octanol–water partition coefficient (Wildman–Crippen LogP) is 2.69. The smallest absolute Gasteiger partial charge is 0.371 e. The Hall–Kier alpha value is -1.73. The molecule has 3 rings (SSSR count). The van der Waals surface area contributed by atoms with E-state index in [0.717, 1.165) is 17.7 Å². The van der Waals surface area contributed by atoms with Crippen molar-refractivity contribution in [2.24, 2.45) is 0 Å². The molecule has 5 nitrogen and oxygen atoms in total. The average molecular weight is 323 g/mol. The highest BCUT2D eigenvalue weighted by molar-refractivity contribution is 8.00. The molecule has 2 aromatic heterocycles. The van der Waals surface area contributed by atoms with Gasteiger partial charge in [-0.1, -0.05) is 0 Å². The van der Waals surface area contributed by atoms with E-state index in [1.54, 1.807) is 29.2 Å². The number of hydrogen-bond donors (Lipinski definition) is 2. The molecule has 0 radical (unpaired) electrons. The standard InChI is InChI=1S/C14H13NO4S2/c16-13(12-9-3-5-20-11(9)4-6-21-12)15-7-8-1-2-10(19-8)14(17)18/h1-3,5,12H,4,6-7H2,(H,15,16)(H,17,18). The van der Waals surface area contributed by atoms with E-state index in [1.807, 2.05) is 11.4 Å². The van der Waals surface area contributed by atoms with Crippen molar-refractivity contribution in [1.29, 1.82) is 0 Å². The number of fused-ring (bicyclic) bond motifs is 1. The molecule has 0 aliphatic carbocycles. The minimum Gasteiger partial charge on any atom is -0.475 e. The van der Waals surface area contributed by atoms with Gasteiger partial charge in [-0.15, -0.1) is 23.1 Å². The lowest BCUT2D eigenvalue weighted by Gasteiger charge is -2.21. The van der Waals surface area contributed by atoms with Crippen LogP contribution in [0.2, 0.25) is 0 Å². The van der Waals surface area contributed by atoms with E-state index in [1.165, 1.54) is 10.9 Å². The molecule has 0 saturated heterocycles. The van der Waals surface area contributed by atoms with Gasteiger partial charge in [0.15, 0.2) is 0 Å². The highest BCUT2D eigenvalue weighted by Crippen LogP contribution is 2.39. The van der Waals surface area contributed by atoms with Crippen LogP contribution in [0.1, 0.15) is 32.0 Å². The van der Waals surface area contributed by atoms with Crippen LogP contribution in [0.3, 0.4) is 0 Å². The molecule has 1 aliphatic rings. The molecular weight excluding hydrogens is 310 g/mol. The van der Waals surface area contributed by atoms with Crippen molar-refractivity contribution in [1.82, 2.24) is 5.32 Å². The van der Waals surface area contributed by atoms with Crippen LogP contribution in [-0.4, -0.2) is 22.7 Å². The van der Waals surface area contributed by atoms with Gasteiger partial charge in [0, 0.05) is 4.88 Å². The monoisotopic (exact) mass is 323 g/mol. The molecule has 0 spiro atoms. The summed E-state index contributed by atoms with van der Waals surface area (Å²) in [4.78, 5) is 24.3. The topological polar surface area (TPSA) is 79.5 Å². The minimum absolute atomic E-state index is 0.0624. The molecule has 0 aromatic carbocycles. The molecule has 2 N–H and O–H groups in total. The Morgan fingerprint density at radius 2 is 2.24 bits per heavy atom. The fraction of sp³-hybridized carbons (Fsp3) is 0.286. The number of hydrogen-bond acceptors (Lipinski definition) is 5. The number of furan rings is 1. The number of carbonyl (C=O) groups excluding carboxylic acids is 1. The van der Waals surface area contributed by atoms with Crippen LogP contribution in [0.4, 0.5) is 0 Å². The van der Waals surface area contributed by atoms with Crippen LogP contribution in [0, 0.1) is 0 Å². The Morgan fingerprint density at radius 3 is 3.00 bits per heavy atom. The van der Waals surface area contributed by atoms with Gasteiger partial charge in [0.05, 0.1) is 6.54 Å². The molecule has 2 aromatic rings. The summed E-state index contributed by atoms with van der Waals surface area (Å²) < 4.78 is 5.12. The second kappa shape index (κ2) is 5.95. The van der Waals surface area contributed by atoms with Crippen LogP contribution in [0.15, 0.2) is 28.0 Å². The number of carboxylic acids is 1. The summed E-state index contributed by atoms with van der Waals surface area (Å²) in [6, 6.07) is 4.95. The molecule has 7 heteroatoms. The summed E-state index contributed by atoms with van der Waals surface area (Å²) in [5.74, 6) is 0.0830. The normalized spacial score (nSPS) is 17.2. The van der Waals surface area contributed by atoms with E-state index in [-0.39, 0.29) is 23.5 Å². The Kier molecular flexibility index (Phi) is 4.03. The van der Waals surface area contributed by atoms with E-state index in [0.29, 0.717) is 5.76 Å². The molecule has 21 heavy (non-hydrogen) atoms. The molecular formula is C14H13NO4S2. The minimum atomic E-state index is -1.11. The molecule has 0 saturated carbocycles. The predicted molar refractivity (Wildman–Crippen MR) is 80.7 cm³/mol. The first kappa shape index (κ1) is 14.2. The van der Waals surface area contributed by atoms with Crippen LogP contribution < -0.4 is 5.32 Å². The quantitative estimate of drug-likeness (QED) is 0.904. The largest absolute Gasteiger partial charge is 0.475 e. The van der Waals surface area contributed by atoms with Gasteiger partial charge in [-0.25, -0.2) is 4.79 Å². The third-order valence-corrected chi connectivity index (χ3v) is 5.46. The number of amides is 1. The van der Waals surface area contributed by atoms with Gasteiger partial charge in [0.25, 0.3) is 0 Å². The van der Waals surface area contributed by atoms with Gasteiger partial charge in [-0.05, 0) is 41.3 Å². The number of aromatic carboxylic acids is 1. The van der Waals surface area contributed by atoms with Crippen molar-refractivity contribution >= 4 is 35.0 Å². The fourth-order valence-electron chi connectivity index (χ4n) is 2.22. The van der Waals surface area contributed by atoms with Gasteiger partial charge < -0.3 is 14.8 Å². The summed E-state index contributed by atoms with van der Waals surface area (Å²) in [6.07, 6.45) is 1.02. The summed E-state index contributed by atoms with van der Waals surface area (Å²) >= 11 is 3.32. The zero-order valence-corrected chi connectivity index (χ0v) is 12.6. The lowest BCUT2D eigenvalue weighted by atomic mass is 10.1. The first-order chi connectivity index (χ1) is 10.1. The molecule has 1 aliphatic heterocycles. The first-order valence-corrected chi connectivity index (χ1v) is 8.35. The third-order valence-electron chi connectivity index (χ3n) is 3.22. The van der Waals surface area contributed by atoms with Crippen LogP contribution in [-0.2, 0) is 17.8 Å². The van der Waals surface area contributed by atoms with Crippen molar-refractivity contribution < 1.29 is 19.1 Å². The molecule has 0 bridgehead atoms. The van der Waals surface area contributed by atoms with E-state index >= 15 is 0 Å². The molecule has 3 heterocycles.